The van der Waals surface area contributed by atoms with Gasteiger partial charge in [0.2, 0.25) is 0 Å². The number of amides is 2. The first-order valence-electron chi connectivity index (χ1n) is 9.90. The molecule has 1 atom stereocenters. The molecule has 7 heteroatoms. The summed E-state index contributed by atoms with van der Waals surface area (Å²) in [5, 5.41) is 2.61. The monoisotopic (exact) mass is 390 g/mol. The van der Waals surface area contributed by atoms with Gasteiger partial charge in [-0.25, -0.2) is 4.79 Å². The van der Waals surface area contributed by atoms with Crippen LogP contribution in [0, 0.1) is 5.92 Å². The Bertz CT molecular complexity index is 668. The molecular weight excluding hydrogens is 360 g/mol. The molecule has 2 aliphatic rings. The molecule has 2 aliphatic heterocycles. The van der Waals surface area contributed by atoms with Crippen LogP contribution in [0.3, 0.4) is 0 Å². The van der Waals surface area contributed by atoms with Crippen LogP contribution in [-0.2, 0) is 20.7 Å². The second-order valence-corrected chi connectivity index (χ2v) is 7.66. The maximum Gasteiger partial charge on any atom is 0.325 e. The van der Waals surface area contributed by atoms with Crippen LogP contribution in [0.5, 0.6) is 5.75 Å². The normalized spacial score (nSPS) is 21.2. The molecule has 2 amide bonds. The van der Waals surface area contributed by atoms with E-state index in [1.807, 2.05) is 12.1 Å². The van der Waals surface area contributed by atoms with E-state index in [0.29, 0.717) is 19.0 Å². The molecule has 0 bridgehead atoms. The first-order valence-corrected chi connectivity index (χ1v) is 9.90. The van der Waals surface area contributed by atoms with Gasteiger partial charge in [-0.1, -0.05) is 12.1 Å². The van der Waals surface area contributed by atoms with Gasteiger partial charge in [-0.15, -0.1) is 0 Å². The van der Waals surface area contributed by atoms with Crippen LogP contribution in [0.4, 0.5) is 4.79 Å². The van der Waals surface area contributed by atoms with E-state index in [0.717, 1.165) is 44.5 Å². The summed E-state index contributed by atoms with van der Waals surface area (Å²) in [5.41, 5.74) is 1.19. The van der Waals surface area contributed by atoms with Gasteiger partial charge in [0, 0.05) is 19.7 Å². The summed E-state index contributed by atoms with van der Waals surface area (Å²) < 4.78 is 16.0. The molecule has 1 spiro atoms. The van der Waals surface area contributed by atoms with Crippen molar-refractivity contribution in [3.63, 3.8) is 0 Å². The Kier molecular flexibility index (Phi) is 6.78. The molecule has 1 N–H and O–H groups in total. The largest absolute Gasteiger partial charge is 0.497 e. The number of nitrogens with one attached hydrogen (secondary N) is 1. The summed E-state index contributed by atoms with van der Waals surface area (Å²) in [7, 11) is 2.99. The lowest BCUT2D eigenvalue weighted by Gasteiger charge is -2.46. The van der Waals surface area contributed by atoms with Gasteiger partial charge < -0.3 is 24.4 Å². The number of carbonyl (C=O) groups excluding carboxylic acids is 2. The molecule has 2 fully saturated rings. The van der Waals surface area contributed by atoms with Crippen LogP contribution in [0.1, 0.15) is 31.2 Å². The molecule has 2 saturated heterocycles. The van der Waals surface area contributed by atoms with Crippen LogP contribution in [0.2, 0.25) is 0 Å². The molecule has 7 nitrogen and oxygen atoms in total. The summed E-state index contributed by atoms with van der Waals surface area (Å²) in [6, 6.07) is 8.07. The van der Waals surface area contributed by atoms with E-state index >= 15 is 0 Å². The molecule has 1 unspecified atom stereocenters. The van der Waals surface area contributed by atoms with Gasteiger partial charge in [-0.05, 0) is 55.7 Å². The summed E-state index contributed by atoms with van der Waals surface area (Å²) in [5.74, 6) is 1.02. The quantitative estimate of drug-likeness (QED) is 0.781. The van der Waals surface area contributed by atoms with Crippen molar-refractivity contribution in [2.24, 2.45) is 5.92 Å². The lowest BCUT2D eigenvalue weighted by Crippen LogP contribution is -2.53. The van der Waals surface area contributed by atoms with E-state index < -0.39 is 5.97 Å². The Labute approximate surface area is 166 Å². The number of ether oxygens (including phenoxy) is 3. The van der Waals surface area contributed by atoms with Gasteiger partial charge in [0.15, 0.2) is 0 Å². The van der Waals surface area contributed by atoms with Gasteiger partial charge >= 0.3 is 12.0 Å². The number of likely N-dealkylation sites (tertiary alicyclic amines) is 1. The fourth-order valence-corrected chi connectivity index (χ4v) is 4.20. The van der Waals surface area contributed by atoms with Crippen LogP contribution < -0.4 is 10.1 Å². The highest BCUT2D eigenvalue weighted by molar-refractivity contribution is 5.80. The summed E-state index contributed by atoms with van der Waals surface area (Å²) in [6.45, 7) is 1.96. The van der Waals surface area contributed by atoms with E-state index in [-0.39, 0.29) is 18.2 Å². The highest BCUT2D eigenvalue weighted by Gasteiger charge is 2.41. The molecule has 0 aliphatic carbocycles. The predicted octanol–water partition coefficient (Wildman–Crippen LogP) is 2.38. The fourth-order valence-electron chi connectivity index (χ4n) is 4.20. The van der Waals surface area contributed by atoms with Crippen molar-refractivity contribution in [1.82, 2.24) is 10.2 Å². The van der Waals surface area contributed by atoms with Crippen LogP contribution in [-0.4, -0.2) is 63.0 Å². The minimum absolute atomic E-state index is 0.0998. The number of urea groups is 1. The third-order valence-corrected chi connectivity index (χ3v) is 5.85. The Balaban J connectivity index is 1.49. The van der Waals surface area contributed by atoms with Gasteiger partial charge in [0.1, 0.15) is 12.3 Å². The van der Waals surface area contributed by atoms with Crippen LogP contribution in [0.25, 0.3) is 0 Å². The molecule has 154 valence electrons. The molecule has 3 rings (SSSR count). The smallest absolute Gasteiger partial charge is 0.325 e. The standard InChI is InChI=1S/C21H30N2O5/c1-26-18-5-3-16(4-6-18)13-17-7-12-28-21(14-17)8-10-23(11-9-21)20(25)22-15-19(24)27-2/h3-6,17H,7-15H2,1-2H3,(H,22,25). The highest BCUT2D eigenvalue weighted by atomic mass is 16.5. The minimum atomic E-state index is -0.446. The molecule has 1 aromatic rings. The molecule has 1 aromatic carbocycles. The number of piperidine rings is 1. The molecule has 2 heterocycles. The summed E-state index contributed by atoms with van der Waals surface area (Å²) in [6.07, 6.45) is 4.79. The Hall–Kier alpha value is -2.28. The van der Waals surface area contributed by atoms with Crippen molar-refractivity contribution in [1.29, 1.82) is 0 Å². The zero-order valence-electron chi connectivity index (χ0n) is 16.7. The third kappa shape index (κ3) is 5.16. The zero-order chi connectivity index (χ0) is 20.0. The number of hydrogen-bond acceptors (Lipinski definition) is 5. The van der Waals surface area contributed by atoms with Gasteiger partial charge in [0.25, 0.3) is 0 Å². The second-order valence-electron chi connectivity index (χ2n) is 7.66. The summed E-state index contributed by atoms with van der Waals surface area (Å²) in [4.78, 5) is 25.1. The van der Waals surface area contributed by atoms with Crippen molar-refractivity contribution in [3.8, 4) is 5.75 Å². The van der Waals surface area contributed by atoms with E-state index in [2.05, 4.69) is 22.2 Å². The maximum absolute atomic E-state index is 12.2. The maximum atomic E-state index is 12.2. The SMILES string of the molecule is COC(=O)CNC(=O)N1CCC2(CC1)CC(Cc1ccc(OC)cc1)CCO2. The van der Waals surface area contributed by atoms with E-state index in [4.69, 9.17) is 9.47 Å². The van der Waals surface area contributed by atoms with E-state index in [9.17, 15) is 9.59 Å². The Morgan fingerprint density at radius 3 is 2.57 bits per heavy atom. The van der Waals surface area contributed by atoms with Crippen molar-refractivity contribution in [2.75, 3.05) is 40.5 Å². The number of carbonyl (C=O) groups is 2. The average molecular weight is 390 g/mol. The number of benzene rings is 1. The molecule has 0 radical (unpaired) electrons. The first-order chi connectivity index (χ1) is 13.5. The topological polar surface area (TPSA) is 77.1 Å². The van der Waals surface area contributed by atoms with Gasteiger partial charge in [-0.3, -0.25) is 4.79 Å². The average Bonchev–Trinajstić information content (AvgIpc) is 2.73. The predicted molar refractivity (Wildman–Crippen MR) is 104 cm³/mol. The Morgan fingerprint density at radius 2 is 1.93 bits per heavy atom. The second kappa shape index (κ2) is 9.28. The van der Waals surface area contributed by atoms with Gasteiger partial charge in [0.05, 0.1) is 19.8 Å². The summed E-state index contributed by atoms with van der Waals surface area (Å²) >= 11 is 0. The number of hydrogen-bond donors (Lipinski definition) is 1. The molecular formula is C21H30N2O5. The number of esters is 1. The van der Waals surface area contributed by atoms with Crippen molar-refractivity contribution in [3.05, 3.63) is 29.8 Å². The lowest BCUT2D eigenvalue weighted by atomic mass is 9.77. The molecule has 0 aromatic heterocycles. The number of rotatable bonds is 5. The number of methoxy groups -OCH3 is 2. The molecule has 0 saturated carbocycles. The first kappa shape index (κ1) is 20.5. The Morgan fingerprint density at radius 1 is 1.21 bits per heavy atom. The van der Waals surface area contributed by atoms with E-state index in [1.54, 1.807) is 12.0 Å². The highest BCUT2D eigenvalue weighted by Crippen LogP contribution is 2.38. The fraction of sp³-hybridized carbons (Fsp3) is 0.619. The van der Waals surface area contributed by atoms with Crippen LogP contribution >= 0.6 is 0 Å². The zero-order valence-corrected chi connectivity index (χ0v) is 16.7. The lowest BCUT2D eigenvalue weighted by molar-refractivity contribution is -0.139. The molecule has 28 heavy (non-hydrogen) atoms. The van der Waals surface area contributed by atoms with Crippen molar-refractivity contribution < 1.29 is 23.8 Å². The number of nitrogens with zero attached hydrogens (tertiary/aromatic N) is 1. The minimum Gasteiger partial charge on any atom is -0.497 e. The van der Waals surface area contributed by atoms with Crippen molar-refractivity contribution in [2.45, 2.75) is 37.7 Å². The third-order valence-electron chi connectivity index (χ3n) is 5.85. The van der Waals surface area contributed by atoms with Crippen LogP contribution in [0.15, 0.2) is 24.3 Å². The van der Waals surface area contributed by atoms with Crippen molar-refractivity contribution >= 4 is 12.0 Å². The van der Waals surface area contributed by atoms with Gasteiger partial charge in [-0.2, -0.15) is 0 Å². The van der Waals surface area contributed by atoms with E-state index in [1.165, 1.54) is 12.7 Å².